The molecule has 2 aromatic heterocycles. The van der Waals surface area contributed by atoms with Crippen molar-refractivity contribution in [3.8, 4) is 39.2 Å². The zero-order chi connectivity index (χ0) is 16.2. The van der Waals surface area contributed by atoms with E-state index in [1.165, 1.54) is 0 Å². The molecule has 0 radical (unpaired) electrons. The van der Waals surface area contributed by atoms with Crippen molar-refractivity contribution in [3.05, 3.63) is 41.9 Å². The lowest BCUT2D eigenvalue weighted by molar-refractivity contribution is 0.398. The third kappa shape index (κ3) is 3.12. The second kappa shape index (κ2) is 6.66. The average Bonchev–Trinajstić information content (AvgIpc) is 3.11. The van der Waals surface area contributed by atoms with Gasteiger partial charge < -0.3 is 14.2 Å². The fourth-order valence-electron chi connectivity index (χ4n) is 2.20. The van der Waals surface area contributed by atoms with Crippen LogP contribution in [0, 0.1) is 0 Å². The van der Waals surface area contributed by atoms with Gasteiger partial charge in [0.15, 0.2) is 0 Å². The monoisotopic (exact) mass is 328 g/mol. The van der Waals surface area contributed by atoms with Gasteiger partial charge in [-0.15, -0.1) is 11.3 Å². The number of pyridine rings is 1. The Hall–Kier alpha value is -2.60. The second-order valence-corrected chi connectivity index (χ2v) is 5.55. The van der Waals surface area contributed by atoms with Crippen LogP contribution in [0.1, 0.15) is 0 Å². The highest BCUT2D eigenvalue weighted by Crippen LogP contribution is 2.36. The Labute approximate surface area is 138 Å². The smallest absolute Gasteiger partial charge is 0.213 e. The Morgan fingerprint density at radius 1 is 0.957 bits per heavy atom. The molecule has 3 aromatic rings. The summed E-state index contributed by atoms with van der Waals surface area (Å²) in [5.41, 5.74) is 2.71. The van der Waals surface area contributed by atoms with Crippen molar-refractivity contribution in [1.82, 2.24) is 9.97 Å². The van der Waals surface area contributed by atoms with E-state index in [1.807, 2.05) is 35.7 Å². The minimum Gasteiger partial charge on any atom is -0.497 e. The van der Waals surface area contributed by atoms with Crippen LogP contribution in [0.5, 0.6) is 17.4 Å². The maximum atomic E-state index is 5.43. The molecular weight excluding hydrogens is 312 g/mol. The second-order valence-electron chi connectivity index (χ2n) is 4.69. The molecule has 23 heavy (non-hydrogen) atoms. The van der Waals surface area contributed by atoms with Crippen molar-refractivity contribution in [2.45, 2.75) is 0 Å². The maximum Gasteiger partial charge on any atom is 0.213 e. The molecule has 0 spiro atoms. The minimum atomic E-state index is 0.568. The summed E-state index contributed by atoms with van der Waals surface area (Å²) in [6.45, 7) is 0. The molecule has 0 aliphatic carbocycles. The number of thiazole rings is 1. The number of ether oxygens (including phenoxy) is 3. The zero-order valence-electron chi connectivity index (χ0n) is 13.1. The summed E-state index contributed by atoms with van der Waals surface area (Å²) in [6.07, 6.45) is 1.71. The third-order valence-corrected chi connectivity index (χ3v) is 4.27. The number of aromatic nitrogens is 2. The minimum absolute atomic E-state index is 0.568. The summed E-state index contributed by atoms with van der Waals surface area (Å²) in [7, 11) is 4.88. The first-order valence-corrected chi connectivity index (χ1v) is 7.81. The van der Waals surface area contributed by atoms with Gasteiger partial charge in [-0.25, -0.2) is 9.97 Å². The molecule has 0 unspecified atom stereocenters. The van der Waals surface area contributed by atoms with E-state index in [1.54, 1.807) is 38.9 Å². The third-order valence-electron chi connectivity index (χ3n) is 3.38. The Morgan fingerprint density at radius 3 is 2.57 bits per heavy atom. The number of methoxy groups -OCH3 is 3. The first kappa shape index (κ1) is 15.3. The molecular formula is C17H16N2O3S. The Morgan fingerprint density at radius 2 is 1.83 bits per heavy atom. The van der Waals surface area contributed by atoms with Gasteiger partial charge in [0.2, 0.25) is 5.88 Å². The lowest BCUT2D eigenvalue weighted by atomic mass is 10.1. The van der Waals surface area contributed by atoms with Crippen LogP contribution in [0.2, 0.25) is 0 Å². The fourth-order valence-corrected chi connectivity index (χ4v) is 3.02. The van der Waals surface area contributed by atoms with E-state index in [9.17, 15) is 0 Å². The van der Waals surface area contributed by atoms with Gasteiger partial charge in [-0.2, -0.15) is 0 Å². The van der Waals surface area contributed by atoms with Gasteiger partial charge in [0, 0.05) is 28.8 Å². The molecule has 118 valence electrons. The molecule has 0 saturated heterocycles. The zero-order valence-corrected chi connectivity index (χ0v) is 13.9. The van der Waals surface area contributed by atoms with E-state index in [0.29, 0.717) is 5.88 Å². The molecule has 2 heterocycles. The molecule has 0 bridgehead atoms. The van der Waals surface area contributed by atoms with Crippen molar-refractivity contribution in [3.63, 3.8) is 0 Å². The predicted molar refractivity (Wildman–Crippen MR) is 90.4 cm³/mol. The molecule has 0 atom stereocenters. The number of hydrogen-bond acceptors (Lipinski definition) is 6. The Bertz CT molecular complexity index is 817. The van der Waals surface area contributed by atoms with E-state index in [4.69, 9.17) is 19.2 Å². The van der Waals surface area contributed by atoms with Crippen LogP contribution in [0.3, 0.4) is 0 Å². The van der Waals surface area contributed by atoms with E-state index < -0.39 is 0 Å². The highest BCUT2D eigenvalue weighted by atomic mass is 32.1. The van der Waals surface area contributed by atoms with Crippen LogP contribution < -0.4 is 14.2 Å². The standard InChI is InChI=1S/C17H16N2O3S/c1-20-12-4-5-15(21-2)13(9-12)14-10-23-17(19-14)11-6-7-18-16(8-11)22-3/h4-10H,1-3H3. The van der Waals surface area contributed by atoms with E-state index >= 15 is 0 Å². The molecule has 0 N–H and O–H groups in total. The summed E-state index contributed by atoms with van der Waals surface area (Å²) in [5, 5.41) is 2.89. The van der Waals surface area contributed by atoms with Crippen molar-refractivity contribution >= 4 is 11.3 Å². The van der Waals surface area contributed by atoms with Gasteiger partial charge in [0.1, 0.15) is 16.5 Å². The lowest BCUT2D eigenvalue weighted by Crippen LogP contribution is -1.91. The van der Waals surface area contributed by atoms with Gasteiger partial charge in [0.25, 0.3) is 0 Å². The van der Waals surface area contributed by atoms with Gasteiger partial charge in [-0.3, -0.25) is 0 Å². The van der Waals surface area contributed by atoms with Crippen LogP contribution >= 0.6 is 11.3 Å². The number of benzene rings is 1. The highest BCUT2D eigenvalue weighted by Gasteiger charge is 2.13. The normalized spacial score (nSPS) is 10.4. The average molecular weight is 328 g/mol. The first-order valence-electron chi connectivity index (χ1n) is 6.93. The summed E-state index contributed by atoms with van der Waals surface area (Å²) in [6, 6.07) is 9.44. The molecule has 1 aromatic carbocycles. The first-order chi connectivity index (χ1) is 11.2. The molecule has 5 nitrogen and oxygen atoms in total. The van der Waals surface area contributed by atoms with E-state index in [0.717, 1.165) is 33.3 Å². The van der Waals surface area contributed by atoms with Crippen LogP contribution in [0.15, 0.2) is 41.9 Å². The number of nitrogens with zero attached hydrogens (tertiary/aromatic N) is 2. The maximum absolute atomic E-state index is 5.43. The van der Waals surface area contributed by atoms with Crippen LogP contribution in [-0.4, -0.2) is 31.3 Å². The van der Waals surface area contributed by atoms with E-state index in [2.05, 4.69) is 4.98 Å². The Balaban J connectivity index is 2.01. The van der Waals surface area contributed by atoms with Gasteiger partial charge >= 0.3 is 0 Å². The molecule has 0 aliphatic rings. The van der Waals surface area contributed by atoms with Gasteiger partial charge in [-0.05, 0) is 24.3 Å². The number of rotatable bonds is 5. The summed E-state index contributed by atoms with van der Waals surface area (Å²) < 4.78 is 15.9. The van der Waals surface area contributed by atoms with E-state index in [-0.39, 0.29) is 0 Å². The largest absolute Gasteiger partial charge is 0.497 e. The molecule has 0 fully saturated rings. The molecule has 0 amide bonds. The summed E-state index contributed by atoms with van der Waals surface area (Å²) in [5.74, 6) is 2.09. The molecule has 3 rings (SSSR count). The predicted octanol–water partition coefficient (Wildman–Crippen LogP) is 3.90. The van der Waals surface area contributed by atoms with Crippen molar-refractivity contribution < 1.29 is 14.2 Å². The number of hydrogen-bond donors (Lipinski definition) is 0. The molecule has 0 saturated carbocycles. The van der Waals surface area contributed by atoms with Crippen LogP contribution in [0.25, 0.3) is 21.8 Å². The van der Waals surface area contributed by atoms with Crippen molar-refractivity contribution in [2.75, 3.05) is 21.3 Å². The summed E-state index contributed by atoms with van der Waals surface area (Å²) >= 11 is 1.56. The van der Waals surface area contributed by atoms with Crippen molar-refractivity contribution in [2.24, 2.45) is 0 Å². The van der Waals surface area contributed by atoms with Crippen molar-refractivity contribution in [1.29, 1.82) is 0 Å². The molecule has 0 aliphatic heterocycles. The topological polar surface area (TPSA) is 53.5 Å². The van der Waals surface area contributed by atoms with Gasteiger partial charge in [-0.1, -0.05) is 0 Å². The summed E-state index contributed by atoms with van der Waals surface area (Å²) in [4.78, 5) is 8.83. The quantitative estimate of drug-likeness (QED) is 0.711. The Kier molecular flexibility index (Phi) is 4.43. The van der Waals surface area contributed by atoms with Crippen LogP contribution in [0.4, 0.5) is 0 Å². The lowest BCUT2D eigenvalue weighted by Gasteiger charge is -2.08. The SMILES string of the molecule is COc1ccc(OC)c(-c2csc(-c3ccnc(OC)c3)n2)c1. The van der Waals surface area contributed by atoms with Crippen LogP contribution in [-0.2, 0) is 0 Å². The van der Waals surface area contributed by atoms with Gasteiger partial charge in [0.05, 0.1) is 27.0 Å². The molecule has 6 heteroatoms. The highest BCUT2D eigenvalue weighted by molar-refractivity contribution is 7.13. The fraction of sp³-hybridized carbons (Fsp3) is 0.176.